The molecule has 3 heteroatoms. The Labute approximate surface area is 174 Å². The summed E-state index contributed by atoms with van der Waals surface area (Å²) in [7, 11) is 0. The summed E-state index contributed by atoms with van der Waals surface area (Å²) in [5.74, 6) is 2.87. The number of hydrogen-bond acceptors (Lipinski definition) is 3. The number of aliphatic hydroxyl groups is 2. The van der Waals surface area contributed by atoms with E-state index in [2.05, 4.69) is 44.2 Å². The van der Waals surface area contributed by atoms with Gasteiger partial charge in [0.15, 0.2) is 0 Å². The maximum Gasteiger partial charge on any atom is 0.0596 e. The third-order valence-corrected chi connectivity index (χ3v) is 11.2. The lowest BCUT2D eigenvalue weighted by molar-refractivity contribution is -0.130. The molecule has 9 atom stereocenters. The summed E-state index contributed by atoms with van der Waals surface area (Å²) < 4.78 is 0. The van der Waals surface area contributed by atoms with Crippen molar-refractivity contribution in [3.05, 3.63) is 30.3 Å². The van der Waals surface area contributed by atoms with Crippen molar-refractivity contribution in [3.8, 4) is 0 Å². The molecule has 4 fully saturated rings. The molecule has 0 aliphatic heterocycles. The summed E-state index contributed by atoms with van der Waals surface area (Å²) in [5.41, 5.74) is 0.456. The van der Waals surface area contributed by atoms with E-state index < -0.39 is 0 Å². The van der Waals surface area contributed by atoms with Crippen molar-refractivity contribution >= 4 is 11.8 Å². The Kier molecular flexibility index (Phi) is 4.88. The molecule has 1 aromatic carbocycles. The molecule has 4 saturated carbocycles. The number of benzene rings is 1. The minimum Gasteiger partial charge on any atom is -0.393 e. The first-order valence-corrected chi connectivity index (χ1v) is 12.4. The highest BCUT2D eigenvalue weighted by Crippen LogP contribution is 2.67. The Hall–Kier alpha value is -0.510. The molecule has 154 valence electrons. The minimum atomic E-state index is -0.141. The van der Waals surface area contributed by atoms with Gasteiger partial charge in [-0.15, -0.1) is 11.8 Å². The minimum absolute atomic E-state index is 0.0911. The SMILES string of the molecule is C[C@]12C(CC[C@@H]3[C@@H]1CC[C@]1(C)C(O)CC[C@@H]31)CC(O)CC2Sc1ccccc1. The zero-order valence-electron chi connectivity index (χ0n) is 17.4. The van der Waals surface area contributed by atoms with E-state index in [1.807, 2.05) is 11.8 Å². The van der Waals surface area contributed by atoms with Gasteiger partial charge in [0.05, 0.1) is 12.2 Å². The van der Waals surface area contributed by atoms with Crippen molar-refractivity contribution in [2.45, 2.75) is 87.6 Å². The van der Waals surface area contributed by atoms with Crippen LogP contribution in [-0.2, 0) is 0 Å². The maximum absolute atomic E-state index is 10.7. The second-order valence-electron chi connectivity index (χ2n) is 10.7. The van der Waals surface area contributed by atoms with Crippen LogP contribution in [0.3, 0.4) is 0 Å². The van der Waals surface area contributed by atoms with Crippen LogP contribution in [0.4, 0.5) is 0 Å². The second kappa shape index (κ2) is 7.03. The topological polar surface area (TPSA) is 40.5 Å². The monoisotopic (exact) mass is 400 g/mol. The number of aliphatic hydroxyl groups excluding tert-OH is 2. The summed E-state index contributed by atoms with van der Waals surface area (Å²) in [6.07, 6.45) is 8.96. The molecule has 2 N–H and O–H groups in total. The van der Waals surface area contributed by atoms with Crippen molar-refractivity contribution in [3.63, 3.8) is 0 Å². The summed E-state index contributed by atoms with van der Waals surface area (Å²) in [4.78, 5) is 1.35. The maximum atomic E-state index is 10.7. The fraction of sp³-hybridized carbons (Fsp3) is 0.760. The van der Waals surface area contributed by atoms with E-state index in [4.69, 9.17) is 0 Å². The molecule has 0 radical (unpaired) electrons. The quantitative estimate of drug-likeness (QED) is 0.686. The van der Waals surface area contributed by atoms with Gasteiger partial charge in [-0.2, -0.15) is 0 Å². The number of thioether (sulfide) groups is 1. The Morgan fingerprint density at radius 3 is 2.46 bits per heavy atom. The van der Waals surface area contributed by atoms with Gasteiger partial charge in [-0.05, 0) is 98.0 Å². The Bertz CT molecular complexity index is 708. The standard InChI is InChI=1S/C25H36O2S/c1-24-13-12-21-19(20(24)10-11-22(24)27)9-8-16-14-17(26)15-23(25(16,21)2)28-18-6-4-3-5-7-18/h3-7,16-17,19-23,26-27H,8-15H2,1-2H3/t16?,17?,19-,20-,21-,22?,23?,24-,25-/m0/s1. The summed E-state index contributed by atoms with van der Waals surface area (Å²) in [5, 5.41) is 21.9. The highest BCUT2D eigenvalue weighted by Gasteiger charge is 2.62. The summed E-state index contributed by atoms with van der Waals surface area (Å²) in [6, 6.07) is 10.8. The first kappa shape index (κ1) is 19.5. The molecule has 2 nitrogen and oxygen atoms in total. The van der Waals surface area contributed by atoms with Crippen LogP contribution in [0.5, 0.6) is 0 Å². The Morgan fingerprint density at radius 1 is 0.893 bits per heavy atom. The molecule has 0 heterocycles. The van der Waals surface area contributed by atoms with Crippen molar-refractivity contribution < 1.29 is 10.2 Å². The molecule has 0 saturated heterocycles. The normalized spacial score (nSPS) is 50.5. The zero-order chi connectivity index (χ0) is 19.5. The highest BCUT2D eigenvalue weighted by molar-refractivity contribution is 8.00. The third kappa shape index (κ3) is 2.83. The van der Waals surface area contributed by atoms with Gasteiger partial charge in [0, 0.05) is 10.1 Å². The third-order valence-electron chi connectivity index (χ3n) is 9.67. The number of rotatable bonds is 2. The number of fused-ring (bicyclic) bond motifs is 5. The Morgan fingerprint density at radius 2 is 1.68 bits per heavy atom. The molecule has 5 rings (SSSR count). The lowest BCUT2D eigenvalue weighted by Gasteiger charge is -2.62. The molecule has 28 heavy (non-hydrogen) atoms. The molecule has 0 aromatic heterocycles. The van der Waals surface area contributed by atoms with E-state index in [9.17, 15) is 10.2 Å². The van der Waals surface area contributed by atoms with Crippen LogP contribution in [-0.4, -0.2) is 27.7 Å². The van der Waals surface area contributed by atoms with E-state index in [1.165, 1.54) is 37.0 Å². The fourth-order valence-electron chi connectivity index (χ4n) is 8.08. The molecule has 4 unspecified atom stereocenters. The van der Waals surface area contributed by atoms with Crippen LogP contribution in [0.15, 0.2) is 35.2 Å². The molecule has 0 amide bonds. The molecule has 0 spiro atoms. The Balaban J connectivity index is 1.47. The molecular weight excluding hydrogens is 364 g/mol. The zero-order valence-corrected chi connectivity index (χ0v) is 18.2. The fourth-order valence-corrected chi connectivity index (χ4v) is 9.66. The van der Waals surface area contributed by atoms with Gasteiger partial charge in [0.1, 0.15) is 0 Å². The average molecular weight is 401 g/mol. The first-order valence-electron chi connectivity index (χ1n) is 11.5. The van der Waals surface area contributed by atoms with E-state index in [0.717, 1.165) is 31.1 Å². The average Bonchev–Trinajstić information content (AvgIpc) is 2.99. The van der Waals surface area contributed by atoms with Crippen LogP contribution in [0.25, 0.3) is 0 Å². The predicted octanol–water partition coefficient (Wildman–Crippen LogP) is 5.52. The van der Waals surface area contributed by atoms with Crippen molar-refractivity contribution in [2.24, 2.45) is 34.5 Å². The van der Waals surface area contributed by atoms with E-state index in [1.54, 1.807) is 0 Å². The second-order valence-corrected chi connectivity index (χ2v) is 12.0. The summed E-state index contributed by atoms with van der Waals surface area (Å²) >= 11 is 2.02. The lowest BCUT2D eigenvalue weighted by Crippen LogP contribution is -2.58. The van der Waals surface area contributed by atoms with Crippen molar-refractivity contribution in [1.29, 1.82) is 0 Å². The van der Waals surface area contributed by atoms with Gasteiger partial charge in [0.2, 0.25) is 0 Å². The van der Waals surface area contributed by atoms with E-state index in [-0.39, 0.29) is 17.6 Å². The van der Waals surface area contributed by atoms with Crippen LogP contribution in [0.1, 0.15) is 65.2 Å². The van der Waals surface area contributed by atoms with Crippen LogP contribution in [0.2, 0.25) is 0 Å². The van der Waals surface area contributed by atoms with E-state index in [0.29, 0.717) is 22.5 Å². The smallest absolute Gasteiger partial charge is 0.0596 e. The highest BCUT2D eigenvalue weighted by atomic mass is 32.2. The van der Waals surface area contributed by atoms with E-state index >= 15 is 0 Å². The summed E-state index contributed by atoms with van der Waals surface area (Å²) in [6.45, 7) is 4.95. The van der Waals surface area contributed by atoms with Crippen LogP contribution >= 0.6 is 11.8 Å². The molecule has 4 aliphatic rings. The first-order chi connectivity index (χ1) is 13.4. The number of hydrogen-bond donors (Lipinski definition) is 2. The molecule has 0 bridgehead atoms. The van der Waals surface area contributed by atoms with Gasteiger partial charge in [0.25, 0.3) is 0 Å². The van der Waals surface area contributed by atoms with Crippen molar-refractivity contribution in [2.75, 3.05) is 0 Å². The van der Waals surface area contributed by atoms with Crippen LogP contribution < -0.4 is 0 Å². The predicted molar refractivity (Wildman–Crippen MR) is 115 cm³/mol. The van der Waals surface area contributed by atoms with Gasteiger partial charge in [-0.25, -0.2) is 0 Å². The van der Waals surface area contributed by atoms with Gasteiger partial charge in [-0.1, -0.05) is 32.0 Å². The van der Waals surface area contributed by atoms with Gasteiger partial charge >= 0.3 is 0 Å². The van der Waals surface area contributed by atoms with Gasteiger partial charge in [-0.3, -0.25) is 0 Å². The van der Waals surface area contributed by atoms with Crippen molar-refractivity contribution in [1.82, 2.24) is 0 Å². The lowest BCUT2D eigenvalue weighted by atomic mass is 9.45. The largest absolute Gasteiger partial charge is 0.393 e. The van der Waals surface area contributed by atoms with Crippen LogP contribution in [0, 0.1) is 34.5 Å². The molecule has 1 aromatic rings. The molecule has 4 aliphatic carbocycles. The van der Waals surface area contributed by atoms with Gasteiger partial charge < -0.3 is 10.2 Å². The molecular formula is C25H36O2S.